The molecule has 1 N–H and O–H groups in total. The van der Waals surface area contributed by atoms with Crippen LogP contribution < -0.4 is 5.32 Å². The number of hydrogen-bond acceptors (Lipinski definition) is 2. The van der Waals surface area contributed by atoms with Gasteiger partial charge in [0.1, 0.15) is 0 Å². The SMILES string of the molecule is CCCn1cncc1CC1(CC)CCCN1. The van der Waals surface area contributed by atoms with Gasteiger partial charge in [-0.05, 0) is 32.2 Å². The van der Waals surface area contributed by atoms with E-state index in [1.807, 2.05) is 12.5 Å². The molecule has 1 aliphatic heterocycles. The maximum Gasteiger partial charge on any atom is 0.0948 e. The molecule has 3 heteroatoms. The number of rotatable bonds is 5. The Morgan fingerprint density at radius 3 is 3.00 bits per heavy atom. The first-order valence-electron chi connectivity index (χ1n) is 6.54. The quantitative estimate of drug-likeness (QED) is 0.827. The van der Waals surface area contributed by atoms with Crippen molar-refractivity contribution in [3.8, 4) is 0 Å². The van der Waals surface area contributed by atoms with Crippen LogP contribution in [0, 0.1) is 0 Å². The van der Waals surface area contributed by atoms with E-state index < -0.39 is 0 Å². The molecular weight excluding hydrogens is 198 g/mol. The predicted octanol–water partition coefficient (Wildman–Crippen LogP) is 2.37. The topological polar surface area (TPSA) is 29.9 Å². The number of nitrogens with one attached hydrogen (secondary N) is 1. The van der Waals surface area contributed by atoms with Gasteiger partial charge in [0.2, 0.25) is 0 Å². The predicted molar refractivity (Wildman–Crippen MR) is 66.5 cm³/mol. The van der Waals surface area contributed by atoms with Crippen LogP contribution in [-0.2, 0) is 13.0 Å². The molecule has 1 aromatic heterocycles. The van der Waals surface area contributed by atoms with E-state index in [1.54, 1.807) is 0 Å². The fourth-order valence-corrected chi connectivity index (χ4v) is 2.73. The number of aromatic nitrogens is 2. The van der Waals surface area contributed by atoms with Crippen LogP contribution in [0.25, 0.3) is 0 Å². The minimum Gasteiger partial charge on any atom is -0.335 e. The normalized spacial score (nSPS) is 25.1. The first-order chi connectivity index (χ1) is 7.79. The molecule has 3 nitrogen and oxygen atoms in total. The smallest absolute Gasteiger partial charge is 0.0948 e. The second-order valence-electron chi connectivity index (χ2n) is 4.92. The largest absolute Gasteiger partial charge is 0.335 e. The Labute approximate surface area is 98.3 Å². The van der Waals surface area contributed by atoms with Gasteiger partial charge in [-0.15, -0.1) is 0 Å². The van der Waals surface area contributed by atoms with Gasteiger partial charge in [0.15, 0.2) is 0 Å². The Morgan fingerprint density at radius 2 is 2.38 bits per heavy atom. The molecule has 1 fully saturated rings. The highest BCUT2D eigenvalue weighted by Crippen LogP contribution is 2.27. The van der Waals surface area contributed by atoms with Crippen LogP contribution >= 0.6 is 0 Å². The van der Waals surface area contributed by atoms with E-state index in [0.717, 1.165) is 13.0 Å². The van der Waals surface area contributed by atoms with E-state index in [9.17, 15) is 0 Å². The van der Waals surface area contributed by atoms with Gasteiger partial charge < -0.3 is 9.88 Å². The second kappa shape index (κ2) is 5.00. The second-order valence-corrected chi connectivity index (χ2v) is 4.92. The first kappa shape index (κ1) is 11.6. The molecule has 2 rings (SSSR count). The molecule has 1 unspecified atom stereocenters. The van der Waals surface area contributed by atoms with Crippen molar-refractivity contribution in [1.82, 2.24) is 14.9 Å². The fourth-order valence-electron chi connectivity index (χ4n) is 2.73. The molecule has 90 valence electrons. The summed E-state index contributed by atoms with van der Waals surface area (Å²) < 4.78 is 2.30. The summed E-state index contributed by atoms with van der Waals surface area (Å²) in [5.74, 6) is 0. The lowest BCUT2D eigenvalue weighted by molar-refractivity contribution is 0.351. The Bertz CT molecular complexity index is 324. The van der Waals surface area contributed by atoms with Crippen molar-refractivity contribution in [1.29, 1.82) is 0 Å². The lowest BCUT2D eigenvalue weighted by atomic mass is 9.89. The summed E-state index contributed by atoms with van der Waals surface area (Å²) in [6.07, 6.45) is 10.1. The minimum absolute atomic E-state index is 0.339. The van der Waals surface area contributed by atoms with Crippen LogP contribution in [0.5, 0.6) is 0 Å². The van der Waals surface area contributed by atoms with Gasteiger partial charge in [-0.25, -0.2) is 4.98 Å². The summed E-state index contributed by atoms with van der Waals surface area (Å²) in [5.41, 5.74) is 1.73. The van der Waals surface area contributed by atoms with Crippen molar-refractivity contribution in [2.75, 3.05) is 6.54 Å². The van der Waals surface area contributed by atoms with Gasteiger partial charge in [-0.3, -0.25) is 0 Å². The lowest BCUT2D eigenvalue weighted by Gasteiger charge is -2.28. The van der Waals surface area contributed by atoms with E-state index in [2.05, 4.69) is 28.7 Å². The highest BCUT2D eigenvalue weighted by Gasteiger charge is 2.32. The van der Waals surface area contributed by atoms with E-state index in [-0.39, 0.29) is 0 Å². The van der Waals surface area contributed by atoms with Crippen LogP contribution in [0.15, 0.2) is 12.5 Å². The van der Waals surface area contributed by atoms with E-state index in [0.29, 0.717) is 5.54 Å². The van der Waals surface area contributed by atoms with Crippen molar-refractivity contribution in [2.24, 2.45) is 0 Å². The van der Waals surface area contributed by atoms with E-state index in [4.69, 9.17) is 0 Å². The average Bonchev–Trinajstić information content (AvgIpc) is 2.91. The van der Waals surface area contributed by atoms with Crippen molar-refractivity contribution in [3.63, 3.8) is 0 Å². The Kier molecular flexibility index (Phi) is 3.64. The molecule has 1 aliphatic rings. The third-order valence-electron chi connectivity index (χ3n) is 3.79. The zero-order valence-electron chi connectivity index (χ0n) is 10.5. The maximum absolute atomic E-state index is 4.28. The summed E-state index contributed by atoms with van der Waals surface area (Å²) in [5, 5.41) is 3.69. The summed E-state index contributed by atoms with van der Waals surface area (Å²) >= 11 is 0. The molecule has 0 amide bonds. The fraction of sp³-hybridized carbons (Fsp3) is 0.769. The molecule has 2 heterocycles. The number of nitrogens with zero attached hydrogens (tertiary/aromatic N) is 2. The standard InChI is InChI=1S/C13H23N3/c1-3-8-16-11-14-10-12(16)9-13(4-2)6-5-7-15-13/h10-11,15H,3-9H2,1-2H3. The molecule has 0 aliphatic carbocycles. The van der Waals surface area contributed by atoms with E-state index >= 15 is 0 Å². The zero-order valence-corrected chi connectivity index (χ0v) is 10.5. The summed E-state index contributed by atoms with van der Waals surface area (Å²) in [6, 6.07) is 0. The van der Waals surface area contributed by atoms with Crippen LogP contribution in [0.3, 0.4) is 0 Å². The Morgan fingerprint density at radius 1 is 1.50 bits per heavy atom. The summed E-state index contributed by atoms with van der Waals surface area (Å²) in [6.45, 7) is 6.77. The minimum atomic E-state index is 0.339. The Hall–Kier alpha value is -0.830. The maximum atomic E-state index is 4.28. The molecule has 0 saturated carbocycles. The van der Waals surface area contributed by atoms with Crippen LogP contribution in [0.4, 0.5) is 0 Å². The average molecular weight is 221 g/mol. The molecule has 16 heavy (non-hydrogen) atoms. The summed E-state index contributed by atoms with van der Waals surface area (Å²) in [7, 11) is 0. The molecule has 1 saturated heterocycles. The van der Waals surface area contributed by atoms with Crippen molar-refractivity contribution in [2.45, 2.75) is 58.0 Å². The number of imidazole rings is 1. The van der Waals surface area contributed by atoms with Crippen molar-refractivity contribution < 1.29 is 0 Å². The lowest BCUT2D eigenvalue weighted by Crippen LogP contribution is -2.41. The van der Waals surface area contributed by atoms with Gasteiger partial charge in [0.25, 0.3) is 0 Å². The van der Waals surface area contributed by atoms with Crippen LogP contribution in [0.1, 0.15) is 45.2 Å². The van der Waals surface area contributed by atoms with Gasteiger partial charge in [-0.2, -0.15) is 0 Å². The third-order valence-corrected chi connectivity index (χ3v) is 3.79. The highest BCUT2D eigenvalue weighted by molar-refractivity contribution is 5.07. The van der Waals surface area contributed by atoms with Crippen molar-refractivity contribution in [3.05, 3.63) is 18.2 Å². The zero-order chi connectivity index (χ0) is 11.4. The Balaban J connectivity index is 2.09. The number of aryl methyl sites for hydroxylation is 1. The van der Waals surface area contributed by atoms with Gasteiger partial charge in [0, 0.05) is 30.4 Å². The number of hydrogen-bond donors (Lipinski definition) is 1. The third kappa shape index (κ3) is 2.29. The molecular formula is C13H23N3. The molecule has 0 aromatic carbocycles. The van der Waals surface area contributed by atoms with Gasteiger partial charge >= 0.3 is 0 Å². The monoisotopic (exact) mass is 221 g/mol. The van der Waals surface area contributed by atoms with Crippen molar-refractivity contribution >= 4 is 0 Å². The molecule has 1 atom stereocenters. The molecule has 0 spiro atoms. The van der Waals surface area contributed by atoms with Gasteiger partial charge in [0.05, 0.1) is 6.33 Å². The van der Waals surface area contributed by atoms with E-state index in [1.165, 1.54) is 37.9 Å². The highest BCUT2D eigenvalue weighted by atomic mass is 15.1. The first-order valence-corrected chi connectivity index (χ1v) is 6.54. The van der Waals surface area contributed by atoms with Crippen LogP contribution in [0.2, 0.25) is 0 Å². The van der Waals surface area contributed by atoms with Gasteiger partial charge in [-0.1, -0.05) is 13.8 Å². The summed E-state index contributed by atoms with van der Waals surface area (Å²) in [4.78, 5) is 4.28. The molecule has 1 aromatic rings. The molecule has 0 bridgehead atoms. The molecule has 0 radical (unpaired) electrons. The van der Waals surface area contributed by atoms with Crippen LogP contribution in [-0.4, -0.2) is 21.6 Å².